The van der Waals surface area contributed by atoms with Crippen LogP contribution in [-0.2, 0) is 30.2 Å². The van der Waals surface area contributed by atoms with E-state index in [1.54, 1.807) is 18.7 Å². The van der Waals surface area contributed by atoms with E-state index in [2.05, 4.69) is 9.88 Å². The molecule has 1 atom stereocenters. The van der Waals surface area contributed by atoms with Crippen molar-refractivity contribution < 1.29 is 9.53 Å². The number of esters is 1. The zero-order valence-electron chi connectivity index (χ0n) is 15.9. The molecule has 1 fully saturated rings. The number of ether oxygens (including phenoxy) is 1. The Morgan fingerprint density at radius 3 is 2.70 bits per heavy atom. The third-order valence-corrected chi connectivity index (χ3v) is 5.85. The molecular formula is C17H25N5O4S. The molecule has 2 aromatic rings. The van der Waals surface area contributed by atoms with Crippen LogP contribution in [0.4, 0.5) is 0 Å². The summed E-state index contributed by atoms with van der Waals surface area (Å²) in [5.74, 6) is 1.80. The predicted molar refractivity (Wildman–Crippen MR) is 104 cm³/mol. The highest BCUT2D eigenvalue weighted by Crippen LogP contribution is 2.13. The molecule has 0 aromatic carbocycles. The molecule has 0 aliphatic carbocycles. The lowest BCUT2D eigenvalue weighted by Crippen LogP contribution is -2.44. The van der Waals surface area contributed by atoms with Gasteiger partial charge in [-0.3, -0.25) is 23.6 Å². The van der Waals surface area contributed by atoms with E-state index in [9.17, 15) is 14.4 Å². The Balaban J connectivity index is 1.61. The predicted octanol–water partition coefficient (Wildman–Crippen LogP) is -0.196. The van der Waals surface area contributed by atoms with Crippen LogP contribution in [-0.4, -0.2) is 66.8 Å². The Bertz CT molecular complexity index is 941. The Kier molecular flexibility index (Phi) is 6.05. The lowest BCUT2D eigenvalue weighted by atomic mass is 10.3. The number of aryl methyl sites for hydroxylation is 2. The molecule has 0 N–H and O–H groups in total. The second kappa shape index (κ2) is 8.30. The molecule has 0 saturated carbocycles. The van der Waals surface area contributed by atoms with E-state index in [0.717, 1.165) is 24.6 Å². The number of imidazole rings is 1. The zero-order chi connectivity index (χ0) is 19.6. The minimum atomic E-state index is -0.420. The van der Waals surface area contributed by atoms with Gasteiger partial charge in [0.15, 0.2) is 11.2 Å². The van der Waals surface area contributed by atoms with Crippen molar-refractivity contribution in [1.82, 2.24) is 23.6 Å². The van der Waals surface area contributed by atoms with Crippen LogP contribution < -0.4 is 11.2 Å². The fraction of sp³-hybridized carbons (Fsp3) is 0.647. The summed E-state index contributed by atoms with van der Waals surface area (Å²) in [6, 6.07) is -0.271. The SMILES string of the molecule is C[C@@H](C(=O)OCCCn1c(=O)c2c(ncn2C)n(C)c1=O)N1CCSCC1. The molecular weight excluding hydrogens is 370 g/mol. The summed E-state index contributed by atoms with van der Waals surface area (Å²) >= 11 is 1.89. The number of hydrogen-bond acceptors (Lipinski definition) is 7. The first-order chi connectivity index (χ1) is 12.9. The van der Waals surface area contributed by atoms with E-state index in [4.69, 9.17) is 4.74 Å². The van der Waals surface area contributed by atoms with E-state index in [1.165, 1.54) is 15.5 Å². The van der Waals surface area contributed by atoms with Crippen LogP contribution in [0.5, 0.6) is 0 Å². The van der Waals surface area contributed by atoms with E-state index in [1.807, 2.05) is 18.7 Å². The van der Waals surface area contributed by atoms with Crippen molar-refractivity contribution in [2.75, 3.05) is 31.2 Å². The van der Waals surface area contributed by atoms with Crippen molar-refractivity contribution >= 4 is 28.9 Å². The van der Waals surface area contributed by atoms with Crippen LogP contribution in [0.2, 0.25) is 0 Å². The third-order valence-electron chi connectivity index (χ3n) is 4.91. The number of aromatic nitrogens is 4. The van der Waals surface area contributed by atoms with Crippen molar-refractivity contribution in [3.05, 3.63) is 27.2 Å². The smallest absolute Gasteiger partial charge is 0.332 e. The van der Waals surface area contributed by atoms with Gasteiger partial charge in [-0.15, -0.1) is 0 Å². The summed E-state index contributed by atoms with van der Waals surface area (Å²) in [6.07, 6.45) is 1.91. The summed E-state index contributed by atoms with van der Waals surface area (Å²) in [7, 11) is 3.31. The minimum Gasteiger partial charge on any atom is -0.464 e. The summed E-state index contributed by atoms with van der Waals surface area (Å²) in [5, 5.41) is 0. The summed E-state index contributed by atoms with van der Waals surface area (Å²) in [5.41, 5.74) is -0.0512. The fourth-order valence-corrected chi connectivity index (χ4v) is 4.15. The molecule has 3 heterocycles. The number of hydrogen-bond donors (Lipinski definition) is 0. The summed E-state index contributed by atoms with van der Waals surface area (Å²) in [4.78, 5) is 43.4. The average molecular weight is 395 g/mol. The number of carbonyl (C=O) groups excluding carboxylic acids is 1. The van der Waals surface area contributed by atoms with E-state index in [-0.39, 0.29) is 30.7 Å². The molecule has 2 aromatic heterocycles. The molecule has 1 saturated heterocycles. The topological polar surface area (TPSA) is 91.4 Å². The first-order valence-electron chi connectivity index (χ1n) is 9.01. The largest absolute Gasteiger partial charge is 0.464 e. The second-order valence-electron chi connectivity index (χ2n) is 6.67. The van der Waals surface area contributed by atoms with Gasteiger partial charge in [-0.2, -0.15) is 11.8 Å². The van der Waals surface area contributed by atoms with Crippen LogP contribution in [0.15, 0.2) is 15.9 Å². The van der Waals surface area contributed by atoms with Crippen LogP contribution in [0.3, 0.4) is 0 Å². The summed E-state index contributed by atoms with van der Waals surface area (Å²) < 4.78 is 9.49. The van der Waals surface area contributed by atoms with E-state index < -0.39 is 5.69 Å². The Hall–Kier alpha value is -2.07. The number of carbonyl (C=O) groups is 1. The maximum absolute atomic E-state index is 12.6. The van der Waals surface area contributed by atoms with Gasteiger partial charge in [0.2, 0.25) is 0 Å². The highest BCUT2D eigenvalue weighted by Gasteiger charge is 2.24. The third kappa shape index (κ3) is 3.96. The Labute approximate surface area is 160 Å². The van der Waals surface area contributed by atoms with Crippen LogP contribution in [0.1, 0.15) is 13.3 Å². The van der Waals surface area contributed by atoms with Gasteiger partial charge < -0.3 is 9.30 Å². The number of thioether (sulfide) groups is 1. The van der Waals surface area contributed by atoms with Gasteiger partial charge in [0.25, 0.3) is 5.56 Å². The molecule has 9 nitrogen and oxygen atoms in total. The standard InChI is InChI=1S/C17H25N5O4S/c1-12(21-6-9-27-10-7-21)16(24)26-8-4-5-22-15(23)13-14(18-11-19(13)2)20(3)17(22)25/h11-12H,4-10H2,1-3H3/t12-/m0/s1. The van der Waals surface area contributed by atoms with E-state index >= 15 is 0 Å². The number of rotatable bonds is 6. The van der Waals surface area contributed by atoms with Gasteiger partial charge in [-0.05, 0) is 13.3 Å². The molecule has 0 unspecified atom stereocenters. The first kappa shape index (κ1) is 19.7. The van der Waals surface area contributed by atoms with E-state index in [0.29, 0.717) is 17.6 Å². The molecule has 0 amide bonds. The molecule has 1 aliphatic heterocycles. The van der Waals surface area contributed by atoms with Gasteiger partial charge in [0.1, 0.15) is 6.04 Å². The molecule has 10 heteroatoms. The Morgan fingerprint density at radius 2 is 2.00 bits per heavy atom. The molecule has 3 rings (SSSR count). The molecule has 27 heavy (non-hydrogen) atoms. The average Bonchev–Trinajstić information content (AvgIpc) is 3.07. The van der Waals surface area contributed by atoms with Gasteiger partial charge in [-0.1, -0.05) is 0 Å². The van der Waals surface area contributed by atoms with Crippen molar-refractivity contribution in [3.8, 4) is 0 Å². The molecule has 148 valence electrons. The number of nitrogens with zero attached hydrogens (tertiary/aromatic N) is 5. The summed E-state index contributed by atoms with van der Waals surface area (Å²) in [6.45, 7) is 3.99. The second-order valence-corrected chi connectivity index (χ2v) is 7.90. The zero-order valence-corrected chi connectivity index (χ0v) is 16.7. The highest BCUT2D eigenvalue weighted by atomic mass is 32.2. The van der Waals surface area contributed by atoms with Gasteiger partial charge in [0.05, 0.1) is 12.9 Å². The highest BCUT2D eigenvalue weighted by molar-refractivity contribution is 7.99. The fourth-order valence-electron chi connectivity index (χ4n) is 3.22. The monoisotopic (exact) mass is 395 g/mol. The number of fused-ring (bicyclic) bond motifs is 1. The lowest BCUT2D eigenvalue weighted by Gasteiger charge is -2.30. The minimum absolute atomic E-state index is 0.171. The van der Waals surface area contributed by atoms with Gasteiger partial charge in [0, 0.05) is 45.2 Å². The van der Waals surface area contributed by atoms with Crippen LogP contribution in [0, 0.1) is 0 Å². The molecule has 0 spiro atoms. The molecule has 1 aliphatic rings. The maximum atomic E-state index is 12.6. The van der Waals surface area contributed by atoms with Crippen molar-refractivity contribution in [2.45, 2.75) is 25.9 Å². The first-order valence-corrected chi connectivity index (χ1v) is 10.2. The van der Waals surface area contributed by atoms with Crippen molar-refractivity contribution in [1.29, 1.82) is 0 Å². The van der Waals surface area contributed by atoms with Crippen LogP contribution >= 0.6 is 11.8 Å². The normalized spacial score (nSPS) is 16.6. The lowest BCUT2D eigenvalue weighted by molar-refractivity contribution is -0.149. The maximum Gasteiger partial charge on any atom is 0.332 e. The Morgan fingerprint density at radius 1 is 1.30 bits per heavy atom. The molecule has 0 radical (unpaired) electrons. The van der Waals surface area contributed by atoms with Crippen LogP contribution in [0.25, 0.3) is 11.2 Å². The van der Waals surface area contributed by atoms with Gasteiger partial charge in [-0.25, -0.2) is 9.78 Å². The molecule has 0 bridgehead atoms. The van der Waals surface area contributed by atoms with Crippen molar-refractivity contribution in [2.24, 2.45) is 14.1 Å². The quantitative estimate of drug-likeness (QED) is 0.494. The van der Waals surface area contributed by atoms with Gasteiger partial charge >= 0.3 is 11.7 Å². The van der Waals surface area contributed by atoms with Crippen molar-refractivity contribution in [3.63, 3.8) is 0 Å².